The first-order valence-corrected chi connectivity index (χ1v) is 5.47. The molecule has 0 aliphatic carbocycles. The highest BCUT2D eigenvalue weighted by molar-refractivity contribution is 6.30. The van der Waals surface area contributed by atoms with Crippen molar-refractivity contribution in [2.24, 2.45) is 0 Å². The van der Waals surface area contributed by atoms with Gasteiger partial charge in [0.05, 0.1) is 0 Å². The van der Waals surface area contributed by atoms with E-state index in [1.165, 1.54) is 0 Å². The van der Waals surface area contributed by atoms with Crippen molar-refractivity contribution in [2.45, 2.75) is 13.3 Å². The van der Waals surface area contributed by atoms with Crippen LogP contribution < -0.4 is 0 Å². The Balaban J connectivity index is 2.19. The van der Waals surface area contributed by atoms with Gasteiger partial charge in [0.2, 0.25) is 5.91 Å². The predicted octanol–water partition coefficient (Wildman–Crippen LogP) is 1.77. The summed E-state index contributed by atoms with van der Waals surface area (Å²) in [4.78, 5) is 21.1. The molecule has 0 saturated heterocycles. The van der Waals surface area contributed by atoms with E-state index in [4.69, 9.17) is 11.6 Å². The summed E-state index contributed by atoms with van der Waals surface area (Å²) in [7, 11) is 0. The molecule has 0 saturated carbocycles. The summed E-state index contributed by atoms with van der Waals surface area (Å²) in [6, 6.07) is 0. The molecule has 0 spiro atoms. The van der Waals surface area contributed by atoms with E-state index >= 15 is 0 Å². The maximum Gasteiger partial charge on any atom is 0.219 e. The zero-order chi connectivity index (χ0) is 11.5. The Labute approximate surface area is 99.0 Å². The lowest BCUT2D eigenvalue weighted by atomic mass is 10.1. The first kappa shape index (κ1) is 11.1. The quantitative estimate of drug-likeness (QED) is 0.748. The maximum absolute atomic E-state index is 11.2. The van der Waals surface area contributed by atoms with Crippen molar-refractivity contribution >= 4 is 23.1 Å². The van der Waals surface area contributed by atoms with E-state index in [-0.39, 0.29) is 5.91 Å². The second-order valence-electron chi connectivity index (χ2n) is 3.64. The normalized spacial score (nSPS) is 15.9. The Kier molecular flexibility index (Phi) is 3.19. The lowest BCUT2D eigenvalue weighted by molar-refractivity contribution is -0.128. The second kappa shape index (κ2) is 4.61. The lowest BCUT2D eigenvalue weighted by Crippen LogP contribution is -2.32. The number of nitrogens with zero attached hydrogens (tertiary/aromatic N) is 3. The molecule has 0 atom stereocenters. The summed E-state index contributed by atoms with van der Waals surface area (Å²) in [6.45, 7) is 2.92. The summed E-state index contributed by atoms with van der Waals surface area (Å²) >= 11 is 5.96. The topological polar surface area (TPSA) is 46.1 Å². The molecule has 0 radical (unpaired) electrons. The molecule has 1 aromatic heterocycles. The zero-order valence-corrected chi connectivity index (χ0v) is 9.74. The van der Waals surface area contributed by atoms with Gasteiger partial charge < -0.3 is 4.90 Å². The van der Waals surface area contributed by atoms with Crippen molar-refractivity contribution in [1.82, 2.24) is 14.9 Å². The number of carbonyl (C=O) groups is 1. The molecule has 1 amide bonds. The molecule has 16 heavy (non-hydrogen) atoms. The molecule has 1 aliphatic heterocycles. The Bertz CT molecular complexity index is 445. The van der Waals surface area contributed by atoms with Crippen LogP contribution in [0.15, 0.2) is 18.5 Å². The number of aromatic nitrogens is 2. The van der Waals surface area contributed by atoms with E-state index in [9.17, 15) is 4.79 Å². The molecular formula is C11H12ClN3O. The summed E-state index contributed by atoms with van der Waals surface area (Å²) < 4.78 is 0. The van der Waals surface area contributed by atoms with Crippen LogP contribution in [0.1, 0.15) is 19.0 Å². The number of halogens is 1. The van der Waals surface area contributed by atoms with Gasteiger partial charge in [0, 0.05) is 32.4 Å². The van der Waals surface area contributed by atoms with Crippen molar-refractivity contribution in [1.29, 1.82) is 0 Å². The van der Waals surface area contributed by atoms with E-state index < -0.39 is 0 Å². The molecule has 5 heteroatoms. The standard InChI is InChI=1S/C11H12ClN3O/c1-8(16)15-6-2-9(3-7-15)10-11(12)14-5-4-13-10/h2,4-5H,3,6-7H2,1H3. The van der Waals surface area contributed by atoms with Crippen LogP contribution in [0.2, 0.25) is 5.15 Å². The highest BCUT2D eigenvalue weighted by atomic mass is 35.5. The maximum atomic E-state index is 11.2. The summed E-state index contributed by atoms with van der Waals surface area (Å²) in [6.07, 6.45) is 5.95. The van der Waals surface area contributed by atoms with Gasteiger partial charge in [0.25, 0.3) is 0 Å². The van der Waals surface area contributed by atoms with Crippen LogP contribution >= 0.6 is 11.6 Å². The zero-order valence-electron chi connectivity index (χ0n) is 8.98. The average Bonchev–Trinajstić information content (AvgIpc) is 2.30. The lowest BCUT2D eigenvalue weighted by Gasteiger charge is -2.25. The fourth-order valence-electron chi connectivity index (χ4n) is 1.71. The Morgan fingerprint density at radius 2 is 2.19 bits per heavy atom. The molecule has 0 bridgehead atoms. The van der Waals surface area contributed by atoms with Crippen molar-refractivity contribution < 1.29 is 4.79 Å². The molecule has 0 unspecified atom stereocenters. The van der Waals surface area contributed by atoms with Gasteiger partial charge >= 0.3 is 0 Å². The van der Waals surface area contributed by atoms with Gasteiger partial charge in [-0.15, -0.1) is 0 Å². The Morgan fingerprint density at radius 1 is 1.44 bits per heavy atom. The number of carbonyl (C=O) groups excluding carboxylic acids is 1. The summed E-state index contributed by atoms with van der Waals surface area (Å²) in [5.41, 5.74) is 1.79. The largest absolute Gasteiger partial charge is 0.339 e. The van der Waals surface area contributed by atoms with E-state index in [2.05, 4.69) is 9.97 Å². The van der Waals surface area contributed by atoms with Crippen LogP contribution in [-0.4, -0.2) is 33.9 Å². The van der Waals surface area contributed by atoms with E-state index in [0.29, 0.717) is 18.2 Å². The van der Waals surface area contributed by atoms with E-state index in [0.717, 1.165) is 17.7 Å². The van der Waals surface area contributed by atoms with Gasteiger partial charge in [0.15, 0.2) is 5.15 Å². The first-order chi connectivity index (χ1) is 7.68. The third-order valence-corrected chi connectivity index (χ3v) is 2.89. The van der Waals surface area contributed by atoms with Gasteiger partial charge in [-0.2, -0.15) is 0 Å². The number of rotatable bonds is 1. The molecule has 0 fully saturated rings. The number of amides is 1. The molecule has 1 aliphatic rings. The minimum atomic E-state index is 0.0977. The van der Waals surface area contributed by atoms with Crippen LogP contribution in [0.25, 0.3) is 5.57 Å². The molecule has 84 valence electrons. The fraction of sp³-hybridized carbons (Fsp3) is 0.364. The van der Waals surface area contributed by atoms with Crippen LogP contribution in [0, 0.1) is 0 Å². The molecule has 0 aromatic carbocycles. The van der Waals surface area contributed by atoms with Gasteiger partial charge in [-0.1, -0.05) is 17.7 Å². The summed E-state index contributed by atoms with van der Waals surface area (Å²) in [5.74, 6) is 0.0977. The van der Waals surface area contributed by atoms with Crippen LogP contribution in [0.3, 0.4) is 0 Å². The molecule has 1 aromatic rings. The van der Waals surface area contributed by atoms with Crippen molar-refractivity contribution in [3.05, 3.63) is 29.3 Å². The number of hydrogen-bond acceptors (Lipinski definition) is 3. The van der Waals surface area contributed by atoms with Crippen LogP contribution in [0.5, 0.6) is 0 Å². The molecular weight excluding hydrogens is 226 g/mol. The minimum Gasteiger partial charge on any atom is -0.339 e. The summed E-state index contributed by atoms with van der Waals surface area (Å²) in [5, 5.41) is 0.421. The van der Waals surface area contributed by atoms with Crippen LogP contribution in [0.4, 0.5) is 0 Å². The molecule has 2 rings (SSSR count). The molecule has 4 nitrogen and oxygen atoms in total. The molecule has 2 heterocycles. The minimum absolute atomic E-state index is 0.0977. The third-order valence-electron chi connectivity index (χ3n) is 2.61. The van der Waals surface area contributed by atoms with Gasteiger partial charge in [-0.05, 0) is 12.0 Å². The van der Waals surface area contributed by atoms with E-state index in [1.807, 2.05) is 6.08 Å². The van der Waals surface area contributed by atoms with Crippen molar-refractivity contribution in [3.8, 4) is 0 Å². The second-order valence-corrected chi connectivity index (χ2v) is 4.00. The SMILES string of the molecule is CC(=O)N1CC=C(c2nccnc2Cl)CC1. The first-order valence-electron chi connectivity index (χ1n) is 5.10. The van der Waals surface area contributed by atoms with Gasteiger partial charge in [0.1, 0.15) is 5.69 Å². The Morgan fingerprint density at radius 3 is 2.75 bits per heavy atom. The highest BCUT2D eigenvalue weighted by Crippen LogP contribution is 2.24. The third kappa shape index (κ3) is 2.22. The fourth-order valence-corrected chi connectivity index (χ4v) is 1.93. The van der Waals surface area contributed by atoms with Gasteiger partial charge in [-0.3, -0.25) is 9.78 Å². The van der Waals surface area contributed by atoms with Crippen molar-refractivity contribution in [2.75, 3.05) is 13.1 Å². The smallest absolute Gasteiger partial charge is 0.219 e. The highest BCUT2D eigenvalue weighted by Gasteiger charge is 2.17. The van der Waals surface area contributed by atoms with E-state index in [1.54, 1.807) is 24.2 Å². The molecule has 0 N–H and O–H groups in total. The average molecular weight is 238 g/mol. The van der Waals surface area contributed by atoms with Crippen LogP contribution in [-0.2, 0) is 4.79 Å². The monoisotopic (exact) mass is 237 g/mol. The Hall–Kier alpha value is -1.42. The number of hydrogen-bond donors (Lipinski definition) is 0. The predicted molar refractivity (Wildman–Crippen MR) is 61.9 cm³/mol. The van der Waals surface area contributed by atoms with Crippen molar-refractivity contribution in [3.63, 3.8) is 0 Å². The van der Waals surface area contributed by atoms with Gasteiger partial charge in [-0.25, -0.2) is 4.98 Å².